The first-order valence-electron chi connectivity index (χ1n) is 9.57. The Kier molecular flexibility index (Phi) is 4.50. The molecule has 0 radical (unpaired) electrons. The van der Waals surface area contributed by atoms with Gasteiger partial charge in [0.2, 0.25) is 0 Å². The van der Waals surface area contributed by atoms with Gasteiger partial charge in [-0.15, -0.1) is 0 Å². The summed E-state index contributed by atoms with van der Waals surface area (Å²) in [4.78, 5) is 26.3. The smallest absolute Gasteiger partial charge is 0.196 e. The van der Waals surface area contributed by atoms with Crippen molar-refractivity contribution in [2.24, 2.45) is 11.3 Å². The molecule has 2 atom stereocenters. The van der Waals surface area contributed by atoms with E-state index in [2.05, 4.69) is 42.0 Å². The lowest BCUT2D eigenvalue weighted by molar-refractivity contribution is 0.0979. The number of anilines is 1. The summed E-state index contributed by atoms with van der Waals surface area (Å²) in [6.45, 7) is 6.94. The second kappa shape index (κ2) is 6.59. The molecule has 0 heterocycles. The number of carbonyl (C=O) groups excluding carboxylic acids is 2. The maximum absolute atomic E-state index is 13.2. The fourth-order valence-corrected chi connectivity index (χ4v) is 4.94. The Morgan fingerprint density at radius 3 is 2.22 bits per heavy atom. The van der Waals surface area contributed by atoms with Gasteiger partial charge in [0.05, 0.1) is 5.56 Å². The zero-order valence-corrected chi connectivity index (χ0v) is 17.5. The summed E-state index contributed by atoms with van der Waals surface area (Å²) in [6.07, 6.45) is 3.30. The summed E-state index contributed by atoms with van der Waals surface area (Å²) in [5.41, 5.74) is 3.00. The third kappa shape index (κ3) is 3.04. The number of benzene rings is 2. The number of fused-ring (bicyclic) bond motifs is 2. The molecule has 27 heavy (non-hydrogen) atoms. The van der Waals surface area contributed by atoms with Gasteiger partial charge in [0.25, 0.3) is 0 Å². The van der Waals surface area contributed by atoms with Gasteiger partial charge in [-0.05, 0) is 42.7 Å². The van der Waals surface area contributed by atoms with E-state index in [1.165, 1.54) is 6.42 Å². The number of halogens is 1. The Bertz CT molecular complexity index is 947. The van der Waals surface area contributed by atoms with Gasteiger partial charge in [-0.3, -0.25) is 9.59 Å². The van der Waals surface area contributed by atoms with Crippen LogP contribution in [0.3, 0.4) is 0 Å². The molecule has 2 aromatic carbocycles. The highest BCUT2D eigenvalue weighted by Crippen LogP contribution is 2.42. The summed E-state index contributed by atoms with van der Waals surface area (Å²) in [6, 6.07) is 11.2. The minimum Gasteiger partial charge on any atom is -0.382 e. The summed E-state index contributed by atoms with van der Waals surface area (Å²) < 4.78 is 0.675. The van der Waals surface area contributed by atoms with E-state index >= 15 is 0 Å². The van der Waals surface area contributed by atoms with Gasteiger partial charge in [0.15, 0.2) is 11.6 Å². The highest BCUT2D eigenvalue weighted by Gasteiger charge is 2.36. The van der Waals surface area contributed by atoms with Crippen LogP contribution in [0.25, 0.3) is 0 Å². The van der Waals surface area contributed by atoms with E-state index in [-0.39, 0.29) is 17.0 Å². The maximum atomic E-state index is 13.2. The van der Waals surface area contributed by atoms with Crippen LogP contribution in [0, 0.1) is 11.3 Å². The largest absolute Gasteiger partial charge is 0.382 e. The number of hydrogen-bond donors (Lipinski definition) is 1. The van der Waals surface area contributed by atoms with Crippen molar-refractivity contribution in [2.75, 3.05) is 5.32 Å². The van der Waals surface area contributed by atoms with Crippen LogP contribution in [0.2, 0.25) is 0 Å². The van der Waals surface area contributed by atoms with Crippen LogP contribution in [0.15, 0.2) is 40.9 Å². The van der Waals surface area contributed by atoms with Crippen LogP contribution in [0.4, 0.5) is 5.69 Å². The monoisotopic (exact) mass is 425 g/mol. The molecule has 3 nitrogen and oxygen atoms in total. The standard InChI is InChI=1S/C23H24BrNO2/c1-13-8-9-14(12-23(13,2)3)25-18-11-10-17(24)19-20(18)22(27)16-7-5-4-6-15(16)21(19)26/h4-7,10-11,13-14,25H,8-9,12H2,1-3H3. The van der Waals surface area contributed by atoms with Crippen molar-refractivity contribution < 1.29 is 9.59 Å². The lowest BCUT2D eigenvalue weighted by Crippen LogP contribution is -2.37. The predicted molar refractivity (Wildman–Crippen MR) is 112 cm³/mol. The Morgan fingerprint density at radius 1 is 0.963 bits per heavy atom. The predicted octanol–water partition coefficient (Wildman–Crippen LogP) is 5.85. The van der Waals surface area contributed by atoms with E-state index in [0.29, 0.717) is 38.7 Å². The second-order valence-corrected chi connectivity index (χ2v) is 9.42. The SMILES string of the molecule is CC1CCC(Nc2ccc(Br)c3c2C(=O)c2ccccc2C3=O)CC1(C)C. The lowest BCUT2D eigenvalue weighted by atomic mass is 9.68. The zero-order chi connectivity index (χ0) is 19.3. The molecule has 2 aromatic rings. The number of hydrogen-bond acceptors (Lipinski definition) is 3. The van der Waals surface area contributed by atoms with E-state index in [0.717, 1.165) is 18.5 Å². The first-order valence-corrected chi connectivity index (χ1v) is 10.4. The summed E-state index contributed by atoms with van der Waals surface area (Å²) in [7, 11) is 0. The molecular weight excluding hydrogens is 402 g/mol. The minimum absolute atomic E-state index is 0.0764. The van der Waals surface area contributed by atoms with Crippen LogP contribution in [-0.4, -0.2) is 17.6 Å². The average Bonchev–Trinajstić information content (AvgIpc) is 2.64. The molecule has 2 aliphatic carbocycles. The number of carbonyl (C=O) groups is 2. The van der Waals surface area contributed by atoms with Crippen LogP contribution >= 0.6 is 15.9 Å². The van der Waals surface area contributed by atoms with Crippen LogP contribution in [0.1, 0.15) is 71.9 Å². The normalized spacial score (nSPS) is 23.6. The van der Waals surface area contributed by atoms with Crippen LogP contribution < -0.4 is 5.32 Å². The second-order valence-electron chi connectivity index (χ2n) is 8.56. The third-order valence-corrected chi connectivity index (χ3v) is 7.10. The van der Waals surface area contributed by atoms with Crippen molar-refractivity contribution in [1.29, 1.82) is 0 Å². The molecular formula is C23H24BrNO2. The van der Waals surface area contributed by atoms with E-state index in [1.54, 1.807) is 18.2 Å². The molecule has 1 N–H and O–H groups in total. The van der Waals surface area contributed by atoms with Crippen molar-refractivity contribution in [3.8, 4) is 0 Å². The Hall–Kier alpha value is -1.94. The highest BCUT2D eigenvalue weighted by molar-refractivity contribution is 9.10. The van der Waals surface area contributed by atoms with Crippen molar-refractivity contribution in [3.63, 3.8) is 0 Å². The highest BCUT2D eigenvalue weighted by atomic mass is 79.9. The molecule has 140 valence electrons. The fraction of sp³-hybridized carbons (Fsp3) is 0.391. The molecule has 1 saturated carbocycles. The molecule has 4 heteroatoms. The average molecular weight is 426 g/mol. The maximum Gasteiger partial charge on any atom is 0.196 e. The lowest BCUT2D eigenvalue weighted by Gasteiger charge is -2.41. The zero-order valence-electron chi connectivity index (χ0n) is 15.9. The van der Waals surface area contributed by atoms with Gasteiger partial charge in [0, 0.05) is 32.9 Å². The number of rotatable bonds is 2. The summed E-state index contributed by atoms with van der Waals surface area (Å²) >= 11 is 3.49. The Balaban J connectivity index is 1.75. The summed E-state index contributed by atoms with van der Waals surface area (Å²) in [5, 5.41) is 3.60. The first-order chi connectivity index (χ1) is 12.8. The molecule has 0 amide bonds. The quantitative estimate of drug-likeness (QED) is 0.559. The molecule has 0 spiro atoms. The van der Waals surface area contributed by atoms with Gasteiger partial charge in [-0.1, -0.05) is 61.0 Å². The van der Waals surface area contributed by atoms with E-state index in [9.17, 15) is 9.59 Å². The minimum atomic E-state index is -0.0895. The van der Waals surface area contributed by atoms with Crippen molar-refractivity contribution in [1.82, 2.24) is 0 Å². The Labute approximate surface area is 168 Å². The van der Waals surface area contributed by atoms with E-state index in [1.807, 2.05) is 18.2 Å². The van der Waals surface area contributed by atoms with Gasteiger partial charge >= 0.3 is 0 Å². The van der Waals surface area contributed by atoms with Crippen molar-refractivity contribution in [3.05, 3.63) is 63.1 Å². The van der Waals surface area contributed by atoms with Gasteiger partial charge < -0.3 is 5.32 Å². The fourth-order valence-electron chi connectivity index (χ4n) is 4.43. The molecule has 0 aliphatic heterocycles. The first kappa shape index (κ1) is 18.4. The molecule has 0 aromatic heterocycles. The number of nitrogens with one attached hydrogen (secondary N) is 1. The van der Waals surface area contributed by atoms with Crippen molar-refractivity contribution in [2.45, 2.75) is 46.1 Å². The van der Waals surface area contributed by atoms with Gasteiger partial charge in [-0.2, -0.15) is 0 Å². The molecule has 4 rings (SSSR count). The van der Waals surface area contributed by atoms with Crippen LogP contribution in [0.5, 0.6) is 0 Å². The van der Waals surface area contributed by atoms with Crippen LogP contribution in [-0.2, 0) is 0 Å². The Morgan fingerprint density at radius 2 is 1.59 bits per heavy atom. The molecule has 0 saturated heterocycles. The molecule has 0 bridgehead atoms. The van der Waals surface area contributed by atoms with Gasteiger partial charge in [0.1, 0.15) is 0 Å². The van der Waals surface area contributed by atoms with E-state index < -0.39 is 0 Å². The molecule has 1 fully saturated rings. The van der Waals surface area contributed by atoms with E-state index in [4.69, 9.17) is 0 Å². The van der Waals surface area contributed by atoms with Crippen molar-refractivity contribution >= 4 is 33.2 Å². The van der Waals surface area contributed by atoms with Gasteiger partial charge in [-0.25, -0.2) is 0 Å². The topological polar surface area (TPSA) is 46.2 Å². The number of ketones is 2. The molecule has 2 unspecified atom stereocenters. The molecule has 2 aliphatic rings. The summed E-state index contributed by atoms with van der Waals surface area (Å²) in [5.74, 6) is 0.519. The third-order valence-electron chi connectivity index (χ3n) is 6.44.